The van der Waals surface area contributed by atoms with Gasteiger partial charge in [0.2, 0.25) is 5.91 Å². The molecule has 118 valence electrons. The van der Waals surface area contributed by atoms with Crippen molar-refractivity contribution in [2.45, 2.75) is 32.0 Å². The fraction of sp³-hybridized carbons (Fsp3) is 0.312. The Morgan fingerprint density at radius 2 is 2.26 bits per heavy atom. The number of piperidine rings is 1. The Hall–Kier alpha value is -2.83. The lowest BCUT2D eigenvalue weighted by Gasteiger charge is -2.27. The van der Waals surface area contributed by atoms with Gasteiger partial charge in [0.1, 0.15) is 11.9 Å². The van der Waals surface area contributed by atoms with Crippen LogP contribution in [0, 0.1) is 0 Å². The Morgan fingerprint density at radius 3 is 3.04 bits per heavy atom. The van der Waals surface area contributed by atoms with Gasteiger partial charge in [-0.2, -0.15) is 5.10 Å². The molecule has 2 aromatic rings. The first-order valence-electron chi connectivity index (χ1n) is 7.67. The van der Waals surface area contributed by atoms with Gasteiger partial charge in [-0.1, -0.05) is 12.1 Å². The number of hydrogen-bond acceptors (Lipinski definition) is 4. The van der Waals surface area contributed by atoms with Gasteiger partial charge in [0.15, 0.2) is 0 Å². The minimum Gasteiger partial charge on any atom is -0.364 e. The lowest BCUT2D eigenvalue weighted by atomic mass is 10.1. The minimum absolute atomic E-state index is 0.00125. The van der Waals surface area contributed by atoms with E-state index in [1.165, 1.54) is 0 Å². The molecule has 2 amide bonds. The summed E-state index contributed by atoms with van der Waals surface area (Å²) in [5.41, 5.74) is 11.7. The van der Waals surface area contributed by atoms with Crippen LogP contribution >= 0.6 is 0 Å². The summed E-state index contributed by atoms with van der Waals surface area (Å²) in [7, 11) is 0. The molecule has 4 rings (SSSR count). The van der Waals surface area contributed by atoms with Crippen molar-refractivity contribution in [3.63, 3.8) is 0 Å². The molecular weight excluding hydrogens is 294 g/mol. The highest BCUT2D eigenvalue weighted by atomic mass is 16.2. The number of carbonyl (C=O) groups excluding carboxylic acids is 2. The standard InChI is InChI=1S/C16H17N5O2/c17-16(23)15-10-8-19-18-7-9-3-1-4-11(14(9)10)21(15)12-5-2-6-13(22)20-12/h1,3-4,8,12,18H,2,5-7H2,(H2,17,23)(H,20,22). The third-order valence-corrected chi connectivity index (χ3v) is 4.46. The Bertz CT molecular complexity index is 852. The van der Waals surface area contributed by atoms with Crippen molar-refractivity contribution in [1.29, 1.82) is 0 Å². The second kappa shape index (κ2) is 5.12. The zero-order chi connectivity index (χ0) is 16.0. The van der Waals surface area contributed by atoms with Crippen LogP contribution in [0.5, 0.6) is 0 Å². The number of amides is 2. The van der Waals surface area contributed by atoms with Gasteiger partial charge in [-0.15, -0.1) is 0 Å². The van der Waals surface area contributed by atoms with Crippen molar-refractivity contribution in [3.05, 3.63) is 35.0 Å². The third-order valence-electron chi connectivity index (χ3n) is 4.46. The lowest BCUT2D eigenvalue weighted by Crippen LogP contribution is -2.37. The maximum absolute atomic E-state index is 12.1. The van der Waals surface area contributed by atoms with Crippen LogP contribution < -0.4 is 16.5 Å². The summed E-state index contributed by atoms with van der Waals surface area (Å²) in [6.07, 6.45) is 3.46. The van der Waals surface area contributed by atoms with Gasteiger partial charge in [-0.3, -0.25) is 9.59 Å². The minimum atomic E-state index is -0.518. The van der Waals surface area contributed by atoms with Crippen LogP contribution in [0.15, 0.2) is 23.3 Å². The largest absolute Gasteiger partial charge is 0.364 e. The summed E-state index contributed by atoms with van der Waals surface area (Å²) in [6.45, 7) is 0.583. The van der Waals surface area contributed by atoms with Gasteiger partial charge in [0.25, 0.3) is 5.91 Å². The van der Waals surface area contributed by atoms with Crippen LogP contribution in [-0.2, 0) is 11.3 Å². The van der Waals surface area contributed by atoms with Crippen LogP contribution in [-0.4, -0.2) is 22.6 Å². The molecule has 0 aliphatic carbocycles. The third kappa shape index (κ3) is 2.08. The first-order chi connectivity index (χ1) is 11.2. The van der Waals surface area contributed by atoms with Crippen LogP contribution in [0.3, 0.4) is 0 Å². The van der Waals surface area contributed by atoms with Crippen molar-refractivity contribution >= 4 is 28.9 Å². The molecule has 1 aromatic carbocycles. The summed E-state index contributed by atoms with van der Waals surface area (Å²) in [5, 5.41) is 8.08. The highest BCUT2D eigenvalue weighted by Gasteiger charge is 2.29. The van der Waals surface area contributed by atoms with Crippen molar-refractivity contribution in [2.24, 2.45) is 10.8 Å². The molecule has 7 nitrogen and oxygen atoms in total. The number of nitrogens with two attached hydrogens (primary N) is 1. The Kier molecular flexibility index (Phi) is 3.07. The zero-order valence-corrected chi connectivity index (χ0v) is 12.5. The summed E-state index contributed by atoms with van der Waals surface area (Å²) < 4.78 is 1.87. The number of hydrogen-bond donors (Lipinski definition) is 3. The lowest BCUT2D eigenvalue weighted by molar-refractivity contribution is -0.124. The number of primary amides is 1. The maximum atomic E-state index is 12.1. The van der Waals surface area contributed by atoms with Gasteiger partial charge in [-0.05, 0) is 24.5 Å². The van der Waals surface area contributed by atoms with E-state index >= 15 is 0 Å². The van der Waals surface area contributed by atoms with E-state index in [0.717, 1.165) is 29.3 Å². The first kappa shape index (κ1) is 13.8. The molecule has 1 unspecified atom stereocenters. The van der Waals surface area contributed by atoms with Crippen LogP contribution in [0.2, 0.25) is 0 Å². The van der Waals surface area contributed by atoms with E-state index in [2.05, 4.69) is 15.8 Å². The molecule has 1 saturated heterocycles. The molecule has 4 N–H and O–H groups in total. The van der Waals surface area contributed by atoms with E-state index in [9.17, 15) is 9.59 Å². The van der Waals surface area contributed by atoms with E-state index in [1.54, 1.807) is 6.21 Å². The average Bonchev–Trinajstić information content (AvgIpc) is 2.71. The number of nitrogens with zero attached hydrogens (tertiary/aromatic N) is 2. The summed E-state index contributed by atoms with van der Waals surface area (Å²) >= 11 is 0. The van der Waals surface area contributed by atoms with E-state index in [-0.39, 0.29) is 12.1 Å². The predicted octanol–water partition coefficient (Wildman–Crippen LogP) is 0.976. The van der Waals surface area contributed by atoms with Crippen molar-refractivity contribution in [1.82, 2.24) is 15.3 Å². The Morgan fingerprint density at radius 1 is 1.39 bits per heavy atom. The molecule has 0 saturated carbocycles. The molecule has 1 atom stereocenters. The number of carbonyl (C=O) groups is 2. The predicted molar refractivity (Wildman–Crippen MR) is 85.9 cm³/mol. The van der Waals surface area contributed by atoms with Gasteiger partial charge < -0.3 is 21.0 Å². The second-order valence-electron chi connectivity index (χ2n) is 5.88. The maximum Gasteiger partial charge on any atom is 0.266 e. The van der Waals surface area contributed by atoms with Gasteiger partial charge in [0, 0.05) is 17.4 Å². The van der Waals surface area contributed by atoms with Gasteiger partial charge >= 0.3 is 0 Å². The van der Waals surface area contributed by atoms with E-state index in [4.69, 9.17) is 5.73 Å². The average molecular weight is 311 g/mol. The summed E-state index contributed by atoms with van der Waals surface area (Å²) in [4.78, 5) is 23.9. The second-order valence-corrected chi connectivity index (χ2v) is 5.88. The zero-order valence-electron chi connectivity index (χ0n) is 12.5. The quantitative estimate of drug-likeness (QED) is 0.770. The van der Waals surface area contributed by atoms with Gasteiger partial charge in [-0.25, -0.2) is 0 Å². The topological polar surface area (TPSA) is 102 Å². The van der Waals surface area contributed by atoms with Crippen molar-refractivity contribution in [3.8, 4) is 0 Å². The van der Waals surface area contributed by atoms with E-state index in [0.29, 0.717) is 24.2 Å². The number of rotatable bonds is 2. The molecule has 7 heteroatoms. The molecule has 3 heterocycles. The Balaban J connectivity index is 2.03. The molecule has 23 heavy (non-hydrogen) atoms. The van der Waals surface area contributed by atoms with Crippen LogP contribution in [0.4, 0.5) is 0 Å². The molecule has 2 aliphatic rings. The Labute approximate surface area is 132 Å². The fourth-order valence-electron chi connectivity index (χ4n) is 3.54. The molecule has 2 aliphatic heterocycles. The molecule has 1 aromatic heterocycles. The fourth-order valence-corrected chi connectivity index (χ4v) is 3.54. The molecule has 1 fully saturated rings. The molecule has 0 spiro atoms. The number of aromatic nitrogens is 1. The molecule has 0 bridgehead atoms. The first-order valence-corrected chi connectivity index (χ1v) is 7.67. The monoisotopic (exact) mass is 311 g/mol. The number of benzene rings is 1. The number of nitrogens with one attached hydrogen (secondary N) is 2. The summed E-state index contributed by atoms with van der Waals surface area (Å²) in [5.74, 6) is -0.519. The van der Waals surface area contributed by atoms with Crippen LogP contribution in [0.1, 0.15) is 47.0 Å². The normalized spacial score (nSPS) is 20.0. The van der Waals surface area contributed by atoms with Gasteiger partial charge in [0.05, 0.1) is 18.3 Å². The van der Waals surface area contributed by atoms with Crippen LogP contribution in [0.25, 0.3) is 10.9 Å². The smallest absolute Gasteiger partial charge is 0.266 e. The van der Waals surface area contributed by atoms with E-state index < -0.39 is 5.91 Å². The molecular formula is C16H17N5O2. The number of hydrazone groups is 1. The molecule has 0 radical (unpaired) electrons. The highest BCUT2D eigenvalue weighted by Crippen LogP contribution is 2.33. The van der Waals surface area contributed by atoms with Crippen molar-refractivity contribution < 1.29 is 9.59 Å². The highest BCUT2D eigenvalue weighted by molar-refractivity contribution is 6.12. The summed E-state index contributed by atoms with van der Waals surface area (Å²) in [6, 6.07) is 5.90. The SMILES string of the molecule is NC(=O)c1c2c3c(cccc3n1C1CCCC(=O)N1)CNN=C2. The van der Waals surface area contributed by atoms with Crippen molar-refractivity contribution in [2.75, 3.05) is 0 Å². The van der Waals surface area contributed by atoms with E-state index in [1.807, 2.05) is 22.8 Å².